The lowest BCUT2D eigenvalue weighted by molar-refractivity contribution is -0.131. The van der Waals surface area contributed by atoms with Crippen LogP contribution in [0.15, 0.2) is 83.9 Å². The van der Waals surface area contributed by atoms with Gasteiger partial charge >= 0.3 is 5.97 Å². The van der Waals surface area contributed by atoms with Gasteiger partial charge < -0.3 is 9.15 Å². The van der Waals surface area contributed by atoms with Gasteiger partial charge in [0.1, 0.15) is 5.58 Å². The minimum absolute atomic E-state index is 0.215. The molecule has 2 heterocycles. The average molecular weight is 616 g/mol. The van der Waals surface area contributed by atoms with E-state index in [9.17, 15) is 9.59 Å². The van der Waals surface area contributed by atoms with Crippen molar-refractivity contribution in [2.45, 2.75) is 6.92 Å². The fraction of sp³-hybridized carbons (Fsp3) is 0.0400. The van der Waals surface area contributed by atoms with Crippen molar-refractivity contribution in [1.82, 2.24) is 9.66 Å². The monoisotopic (exact) mass is 613 g/mol. The number of carbonyl (C=O) groups excluding carboxylic acids is 1. The Hall–Kier alpha value is -3.27. The van der Waals surface area contributed by atoms with Crippen LogP contribution < -0.4 is 10.3 Å². The van der Waals surface area contributed by atoms with E-state index < -0.39 is 11.5 Å². The van der Waals surface area contributed by atoms with Crippen LogP contribution in [0.25, 0.3) is 33.5 Å². The smallest absolute Gasteiger partial charge is 0.308 e. The molecule has 0 amide bonds. The van der Waals surface area contributed by atoms with Crippen molar-refractivity contribution in [2.24, 2.45) is 5.10 Å². The third kappa shape index (κ3) is 4.67. The largest absolute Gasteiger partial charge is 0.453 e. The second-order valence-electron chi connectivity index (χ2n) is 7.51. The highest BCUT2D eigenvalue weighted by atomic mass is 79.9. The zero-order valence-corrected chi connectivity index (χ0v) is 21.9. The maximum absolute atomic E-state index is 13.4. The molecule has 0 unspecified atom stereocenters. The number of rotatable bonds is 4. The van der Waals surface area contributed by atoms with Gasteiger partial charge in [0.05, 0.1) is 21.6 Å². The Bertz CT molecular complexity index is 1730. The van der Waals surface area contributed by atoms with Gasteiger partial charge in [-0.15, -0.1) is 0 Å². The number of benzene rings is 3. The summed E-state index contributed by atoms with van der Waals surface area (Å²) in [6.07, 6.45) is 1.38. The van der Waals surface area contributed by atoms with Crippen LogP contribution in [0.2, 0.25) is 5.02 Å². The molecule has 0 radical (unpaired) electrons. The van der Waals surface area contributed by atoms with Crippen LogP contribution in [-0.2, 0) is 4.79 Å². The molecule has 10 heteroatoms. The van der Waals surface area contributed by atoms with Crippen LogP contribution in [0, 0.1) is 0 Å². The predicted molar refractivity (Wildman–Crippen MR) is 142 cm³/mol. The molecule has 0 aliphatic carbocycles. The minimum Gasteiger partial charge on any atom is -0.453 e. The molecule has 35 heavy (non-hydrogen) atoms. The van der Waals surface area contributed by atoms with Crippen LogP contribution in [0.1, 0.15) is 12.5 Å². The normalized spacial score (nSPS) is 11.5. The molecule has 174 valence electrons. The first-order valence-corrected chi connectivity index (χ1v) is 12.2. The molecule has 5 aromatic rings. The summed E-state index contributed by atoms with van der Waals surface area (Å²) in [4.78, 5) is 29.7. The van der Waals surface area contributed by atoms with Crippen LogP contribution in [0.4, 0.5) is 0 Å². The molecular formula is C25H14Br2ClN3O4. The molecule has 0 spiro atoms. The van der Waals surface area contributed by atoms with Gasteiger partial charge in [-0.05, 0) is 64.5 Å². The van der Waals surface area contributed by atoms with E-state index in [-0.39, 0.29) is 11.6 Å². The fourth-order valence-electron chi connectivity index (χ4n) is 3.56. The van der Waals surface area contributed by atoms with E-state index in [1.807, 2.05) is 18.2 Å². The lowest BCUT2D eigenvalue weighted by Crippen LogP contribution is -2.20. The SMILES string of the molecule is CC(=O)Oc1c(Br)cc(Cl)cc1C=Nn1c(-c2cc3cc(Br)ccc3o2)nc2ccccc2c1=O. The Balaban J connectivity index is 1.73. The third-order valence-electron chi connectivity index (χ3n) is 5.05. The summed E-state index contributed by atoms with van der Waals surface area (Å²) in [5.41, 5.74) is 1.14. The molecule has 0 bridgehead atoms. The van der Waals surface area contributed by atoms with Crippen molar-refractivity contribution in [3.05, 3.63) is 90.5 Å². The molecule has 0 saturated heterocycles. The molecule has 3 aromatic carbocycles. The maximum Gasteiger partial charge on any atom is 0.308 e. The van der Waals surface area contributed by atoms with Crippen molar-refractivity contribution < 1.29 is 13.9 Å². The van der Waals surface area contributed by atoms with E-state index in [0.29, 0.717) is 37.3 Å². The highest BCUT2D eigenvalue weighted by molar-refractivity contribution is 9.10. The molecule has 0 atom stereocenters. The Labute approximate surface area is 220 Å². The fourth-order valence-corrected chi connectivity index (χ4v) is 4.86. The maximum atomic E-state index is 13.4. The number of esters is 1. The Kier molecular flexibility index (Phi) is 6.31. The molecule has 0 fully saturated rings. The third-order valence-corrected chi connectivity index (χ3v) is 6.35. The number of para-hydroxylation sites is 1. The summed E-state index contributed by atoms with van der Waals surface area (Å²) >= 11 is 13.0. The first-order valence-electron chi connectivity index (χ1n) is 10.2. The number of furan rings is 1. The number of hydrogen-bond acceptors (Lipinski definition) is 6. The standard InChI is InChI=1S/C25H14Br2ClN3O4/c1-13(32)34-23-15(9-17(28)11-19(23)27)12-29-31-24(30-20-5-3-2-4-18(20)25(31)33)22-10-14-8-16(26)6-7-21(14)35-22/h2-12H,1H3. The van der Waals surface area contributed by atoms with E-state index in [0.717, 1.165) is 14.5 Å². The first kappa shape index (κ1) is 23.5. The zero-order chi connectivity index (χ0) is 24.7. The van der Waals surface area contributed by atoms with Gasteiger partial charge in [-0.25, -0.2) is 4.98 Å². The van der Waals surface area contributed by atoms with Crippen LogP contribution in [-0.4, -0.2) is 21.8 Å². The zero-order valence-electron chi connectivity index (χ0n) is 18.0. The van der Waals surface area contributed by atoms with Crippen molar-refractivity contribution in [3.63, 3.8) is 0 Å². The summed E-state index contributed by atoms with van der Waals surface area (Å²) in [7, 11) is 0. The molecule has 5 rings (SSSR count). The predicted octanol–water partition coefficient (Wildman–Crippen LogP) is 6.80. The van der Waals surface area contributed by atoms with Crippen molar-refractivity contribution in [2.75, 3.05) is 0 Å². The van der Waals surface area contributed by atoms with E-state index in [1.54, 1.807) is 42.5 Å². The van der Waals surface area contributed by atoms with Gasteiger partial charge in [0.25, 0.3) is 5.56 Å². The van der Waals surface area contributed by atoms with Crippen molar-refractivity contribution >= 4 is 77.5 Å². The second kappa shape index (κ2) is 9.41. The number of ether oxygens (including phenoxy) is 1. The second-order valence-corrected chi connectivity index (χ2v) is 9.71. The van der Waals surface area contributed by atoms with E-state index in [2.05, 4.69) is 41.9 Å². The number of fused-ring (bicyclic) bond motifs is 2. The Morgan fingerprint density at radius 3 is 2.74 bits per heavy atom. The molecule has 0 aliphatic rings. The lowest BCUT2D eigenvalue weighted by Gasteiger charge is -2.10. The number of carbonyl (C=O) groups is 1. The van der Waals surface area contributed by atoms with Gasteiger partial charge in [0.2, 0.25) is 5.82 Å². The number of halogens is 3. The van der Waals surface area contributed by atoms with Gasteiger partial charge in [-0.1, -0.05) is 39.7 Å². The topological polar surface area (TPSA) is 86.7 Å². The number of hydrogen-bond donors (Lipinski definition) is 0. The molecule has 0 aliphatic heterocycles. The summed E-state index contributed by atoms with van der Waals surface area (Å²) in [6, 6.07) is 17.5. The highest BCUT2D eigenvalue weighted by Crippen LogP contribution is 2.33. The molecule has 2 aromatic heterocycles. The van der Waals surface area contributed by atoms with Gasteiger partial charge in [-0.3, -0.25) is 9.59 Å². The number of nitrogens with zero attached hydrogens (tertiary/aromatic N) is 3. The first-order chi connectivity index (χ1) is 16.8. The average Bonchev–Trinajstić information content (AvgIpc) is 3.23. The van der Waals surface area contributed by atoms with Crippen LogP contribution >= 0.6 is 43.5 Å². The van der Waals surface area contributed by atoms with Crippen molar-refractivity contribution in [3.8, 4) is 17.3 Å². The van der Waals surface area contributed by atoms with Crippen molar-refractivity contribution in [1.29, 1.82) is 0 Å². The lowest BCUT2D eigenvalue weighted by atomic mass is 10.2. The number of aromatic nitrogens is 2. The molecule has 7 nitrogen and oxygen atoms in total. The summed E-state index contributed by atoms with van der Waals surface area (Å²) in [5, 5.41) is 6.03. The molecular weight excluding hydrogens is 602 g/mol. The minimum atomic E-state index is -0.513. The summed E-state index contributed by atoms with van der Waals surface area (Å²) in [6.45, 7) is 1.29. The Morgan fingerprint density at radius 1 is 1.14 bits per heavy atom. The Morgan fingerprint density at radius 2 is 1.94 bits per heavy atom. The van der Waals surface area contributed by atoms with Gasteiger partial charge in [0.15, 0.2) is 11.5 Å². The van der Waals surface area contributed by atoms with E-state index >= 15 is 0 Å². The van der Waals surface area contributed by atoms with Crippen LogP contribution in [0.3, 0.4) is 0 Å². The van der Waals surface area contributed by atoms with Gasteiger partial charge in [-0.2, -0.15) is 9.78 Å². The molecule has 0 N–H and O–H groups in total. The summed E-state index contributed by atoms with van der Waals surface area (Å²) < 4.78 is 13.8. The highest BCUT2D eigenvalue weighted by Gasteiger charge is 2.17. The van der Waals surface area contributed by atoms with Gasteiger partial charge in [0, 0.05) is 27.4 Å². The van der Waals surface area contributed by atoms with Crippen LogP contribution in [0.5, 0.6) is 5.75 Å². The molecule has 0 saturated carbocycles. The van der Waals surface area contributed by atoms with E-state index in [4.69, 9.17) is 20.8 Å². The summed E-state index contributed by atoms with van der Waals surface area (Å²) in [5.74, 6) is 0.293. The quantitative estimate of drug-likeness (QED) is 0.126. The van der Waals surface area contributed by atoms with E-state index in [1.165, 1.54) is 13.1 Å².